The van der Waals surface area contributed by atoms with Crippen LogP contribution in [0.15, 0.2) is 42.5 Å². The lowest BCUT2D eigenvalue weighted by atomic mass is 10.1. The predicted octanol–water partition coefficient (Wildman–Crippen LogP) is 5.02. The fraction of sp³-hybridized carbons (Fsp3) is 0.368. The highest BCUT2D eigenvalue weighted by Crippen LogP contribution is 2.31. The molecule has 3 nitrogen and oxygen atoms in total. The van der Waals surface area contributed by atoms with Gasteiger partial charge in [-0.15, -0.1) is 0 Å². The van der Waals surface area contributed by atoms with E-state index >= 15 is 0 Å². The van der Waals surface area contributed by atoms with E-state index in [1.165, 1.54) is 18.2 Å². The fourth-order valence-electron chi connectivity index (χ4n) is 2.53. The van der Waals surface area contributed by atoms with Gasteiger partial charge >= 0.3 is 6.61 Å². The number of hydrogen-bond acceptors (Lipinski definition) is 3. The van der Waals surface area contributed by atoms with Crippen molar-refractivity contribution in [1.29, 1.82) is 0 Å². The van der Waals surface area contributed by atoms with Crippen LogP contribution in [-0.4, -0.2) is 25.2 Å². The molecule has 0 heterocycles. The molecule has 2 aromatic carbocycles. The van der Waals surface area contributed by atoms with Crippen LogP contribution in [0, 0.1) is 5.82 Å². The minimum absolute atomic E-state index is 0.0230. The van der Waals surface area contributed by atoms with Crippen molar-refractivity contribution in [3.63, 3.8) is 0 Å². The number of nitrogens with zero attached hydrogens (tertiary/aromatic N) is 1. The molecule has 6 heteroatoms. The van der Waals surface area contributed by atoms with Gasteiger partial charge in [-0.2, -0.15) is 8.78 Å². The molecule has 136 valence electrons. The standard InChI is InChI=1S/C19H22F3NO2/c1-4-24-18-11-14(5-10-17(18)25-19(21)22)12-23(3)13(2)15-6-8-16(20)9-7-15/h5-11,13,19H,4,12H2,1-3H3. The van der Waals surface area contributed by atoms with E-state index in [1.807, 2.05) is 14.0 Å². The van der Waals surface area contributed by atoms with Gasteiger partial charge in [0.1, 0.15) is 5.82 Å². The predicted molar refractivity (Wildman–Crippen MR) is 90.5 cm³/mol. The highest BCUT2D eigenvalue weighted by Gasteiger charge is 2.15. The first kappa shape index (κ1) is 19.1. The average molecular weight is 353 g/mol. The molecule has 0 aromatic heterocycles. The molecule has 0 saturated carbocycles. The molecule has 0 aliphatic heterocycles. The van der Waals surface area contributed by atoms with Crippen LogP contribution in [-0.2, 0) is 6.54 Å². The summed E-state index contributed by atoms with van der Waals surface area (Å²) in [7, 11) is 1.94. The van der Waals surface area contributed by atoms with Gasteiger partial charge in [0.25, 0.3) is 0 Å². The van der Waals surface area contributed by atoms with Crippen molar-refractivity contribution in [3.05, 3.63) is 59.4 Å². The van der Waals surface area contributed by atoms with Crippen LogP contribution in [0.1, 0.15) is 31.0 Å². The lowest BCUT2D eigenvalue weighted by molar-refractivity contribution is -0.0514. The third kappa shape index (κ3) is 5.39. The second-order valence-electron chi connectivity index (χ2n) is 5.74. The number of benzene rings is 2. The Balaban J connectivity index is 2.12. The molecule has 0 saturated heterocycles. The van der Waals surface area contributed by atoms with Gasteiger partial charge in [0.05, 0.1) is 6.61 Å². The summed E-state index contributed by atoms with van der Waals surface area (Å²) < 4.78 is 47.9. The summed E-state index contributed by atoms with van der Waals surface area (Å²) in [6.45, 7) is 1.83. The second kappa shape index (κ2) is 8.76. The summed E-state index contributed by atoms with van der Waals surface area (Å²) >= 11 is 0. The molecule has 1 atom stereocenters. The summed E-state index contributed by atoms with van der Waals surface area (Å²) in [5.74, 6) is 0.0487. The molecule has 0 radical (unpaired) electrons. The Labute approximate surface area is 146 Å². The van der Waals surface area contributed by atoms with Gasteiger partial charge in [0, 0.05) is 12.6 Å². The first-order chi connectivity index (χ1) is 11.9. The van der Waals surface area contributed by atoms with Crippen molar-refractivity contribution in [2.24, 2.45) is 0 Å². The number of rotatable bonds is 8. The number of alkyl halides is 2. The Morgan fingerprint density at radius 2 is 1.72 bits per heavy atom. The van der Waals surface area contributed by atoms with Crippen molar-refractivity contribution in [2.45, 2.75) is 33.0 Å². The van der Waals surface area contributed by atoms with Gasteiger partial charge in [0.2, 0.25) is 0 Å². The third-order valence-electron chi connectivity index (χ3n) is 3.97. The quantitative estimate of drug-likeness (QED) is 0.665. The zero-order valence-electron chi connectivity index (χ0n) is 14.5. The maximum absolute atomic E-state index is 13.1. The second-order valence-corrected chi connectivity index (χ2v) is 5.74. The lowest BCUT2D eigenvalue weighted by Crippen LogP contribution is -2.22. The van der Waals surface area contributed by atoms with E-state index < -0.39 is 6.61 Å². The Bertz CT molecular complexity index is 677. The average Bonchev–Trinajstić information content (AvgIpc) is 2.57. The molecule has 2 rings (SSSR count). The maximum atomic E-state index is 13.1. The first-order valence-corrected chi connectivity index (χ1v) is 8.07. The van der Waals surface area contributed by atoms with E-state index in [4.69, 9.17) is 4.74 Å². The molecule has 1 unspecified atom stereocenters. The van der Waals surface area contributed by atoms with Crippen LogP contribution in [0.5, 0.6) is 11.5 Å². The minimum atomic E-state index is -2.90. The number of hydrogen-bond donors (Lipinski definition) is 0. The summed E-state index contributed by atoms with van der Waals surface area (Å²) in [5.41, 5.74) is 1.90. The highest BCUT2D eigenvalue weighted by molar-refractivity contribution is 5.43. The van der Waals surface area contributed by atoms with Gasteiger partial charge in [-0.25, -0.2) is 4.39 Å². The molecule has 0 N–H and O–H groups in total. The first-order valence-electron chi connectivity index (χ1n) is 8.07. The van der Waals surface area contributed by atoms with Gasteiger partial charge in [-0.1, -0.05) is 18.2 Å². The third-order valence-corrected chi connectivity index (χ3v) is 3.97. The van der Waals surface area contributed by atoms with Gasteiger partial charge in [-0.3, -0.25) is 4.90 Å². The van der Waals surface area contributed by atoms with Gasteiger partial charge in [0.15, 0.2) is 11.5 Å². The minimum Gasteiger partial charge on any atom is -0.490 e. The molecule has 0 aliphatic rings. The summed E-state index contributed by atoms with van der Waals surface area (Å²) in [4.78, 5) is 2.08. The maximum Gasteiger partial charge on any atom is 0.387 e. The van der Waals surface area contributed by atoms with Crippen molar-refractivity contribution >= 4 is 0 Å². The number of halogens is 3. The zero-order chi connectivity index (χ0) is 18.4. The molecule has 0 bridgehead atoms. The summed E-state index contributed by atoms with van der Waals surface area (Å²) in [6, 6.07) is 11.4. The summed E-state index contributed by atoms with van der Waals surface area (Å²) in [5, 5.41) is 0. The fourth-order valence-corrected chi connectivity index (χ4v) is 2.53. The molecule has 25 heavy (non-hydrogen) atoms. The van der Waals surface area contributed by atoms with Crippen molar-refractivity contribution in [2.75, 3.05) is 13.7 Å². The van der Waals surface area contributed by atoms with E-state index in [0.717, 1.165) is 11.1 Å². The Morgan fingerprint density at radius 3 is 2.32 bits per heavy atom. The SMILES string of the molecule is CCOc1cc(CN(C)C(C)c2ccc(F)cc2)ccc1OC(F)F. The van der Waals surface area contributed by atoms with Crippen LogP contribution < -0.4 is 9.47 Å². The van der Waals surface area contributed by atoms with Crippen molar-refractivity contribution in [1.82, 2.24) is 4.90 Å². The van der Waals surface area contributed by atoms with Crippen molar-refractivity contribution < 1.29 is 22.6 Å². The molecular formula is C19H22F3NO2. The molecule has 2 aromatic rings. The Morgan fingerprint density at radius 1 is 1.04 bits per heavy atom. The topological polar surface area (TPSA) is 21.7 Å². The van der Waals surface area contributed by atoms with Crippen molar-refractivity contribution in [3.8, 4) is 11.5 Å². The van der Waals surface area contributed by atoms with Crippen LogP contribution in [0.3, 0.4) is 0 Å². The summed E-state index contributed by atoms with van der Waals surface area (Å²) in [6.07, 6.45) is 0. The van der Waals surface area contributed by atoms with E-state index in [1.54, 1.807) is 31.2 Å². The zero-order valence-corrected chi connectivity index (χ0v) is 14.5. The monoisotopic (exact) mass is 353 g/mol. The molecule has 0 amide bonds. The number of ether oxygens (including phenoxy) is 2. The molecule has 0 spiro atoms. The Kier molecular flexibility index (Phi) is 6.70. The largest absolute Gasteiger partial charge is 0.490 e. The molecule has 0 fully saturated rings. The normalized spacial score (nSPS) is 12.5. The van der Waals surface area contributed by atoms with E-state index in [9.17, 15) is 13.2 Å². The van der Waals surface area contributed by atoms with Crippen LogP contribution >= 0.6 is 0 Å². The van der Waals surface area contributed by atoms with Gasteiger partial charge in [-0.05, 0) is 56.3 Å². The van der Waals surface area contributed by atoms with Crippen LogP contribution in [0.25, 0.3) is 0 Å². The van der Waals surface area contributed by atoms with E-state index in [0.29, 0.717) is 18.9 Å². The Hall–Kier alpha value is -2.21. The molecule has 0 aliphatic carbocycles. The smallest absolute Gasteiger partial charge is 0.387 e. The lowest BCUT2D eigenvalue weighted by Gasteiger charge is -2.25. The van der Waals surface area contributed by atoms with Crippen LogP contribution in [0.4, 0.5) is 13.2 Å². The van der Waals surface area contributed by atoms with Gasteiger partial charge < -0.3 is 9.47 Å². The van der Waals surface area contributed by atoms with E-state index in [-0.39, 0.29) is 17.6 Å². The highest BCUT2D eigenvalue weighted by atomic mass is 19.3. The van der Waals surface area contributed by atoms with E-state index in [2.05, 4.69) is 9.64 Å². The molecular weight excluding hydrogens is 331 g/mol. The van der Waals surface area contributed by atoms with Crippen LogP contribution in [0.2, 0.25) is 0 Å².